The van der Waals surface area contributed by atoms with Gasteiger partial charge in [0.15, 0.2) is 0 Å². The molecule has 2 aromatic rings. The summed E-state index contributed by atoms with van der Waals surface area (Å²) < 4.78 is 4.80. The Labute approximate surface area is 243 Å². The second-order valence-corrected chi connectivity index (χ2v) is 8.49. The third kappa shape index (κ3) is 14.1. The van der Waals surface area contributed by atoms with E-state index in [1.807, 2.05) is 0 Å². The van der Waals surface area contributed by atoms with Gasteiger partial charge in [-0.15, -0.1) is 12.8 Å². The number of carbonyl (C=O) groups excluding carboxylic acids is 4. The Hall–Kier alpha value is -5.46. The smallest absolute Gasteiger partial charge is 0.308 e. The number of carboxylic acids is 1. The van der Waals surface area contributed by atoms with E-state index in [-0.39, 0.29) is 38.1 Å². The van der Waals surface area contributed by atoms with Gasteiger partial charge in [0.1, 0.15) is 11.9 Å². The van der Waals surface area contributed by atoms with Crippen LogP contribution in [0.1, 0.15) is 48.5 Å². The number of terminal acetylenes is 2. The lowest BCUT2D eigenvalue weighted by molar-refractivity contribution is -0.143. The number of benzene rings is 2. The first-order valence-corrected chi connectivity index (χ1v) is 12.7. The number of hydrogen-bond donors (Lipinski definition) is 6. The first-order chi connectivity index (χ1) is 20.0. The molecule has 12 heteroatoms. The van der Waals surface area contributed by atoms with E-state index in [9.17, 15) is 24.0 Å². The summed E-state index contributed by atoms with van der Waals surface area (Å²) in [7, 11) is 0. The van der Waals surface area contributed by atoms with Crippen LogP contribution in [0.15, 0.2) is 54.6 Å². The summed E-state index contributed by atoms with van der Waals surface area (Å²) in [6, 6.07) is 13.4. The van der Waals surface area contributed by atoms with Crippen LogP contribution in [-0.4, -0.2) is 59.3 Å². The molecule has 2 rings (SSSR count). The maximum Gasteiger partial charge on any atom is 0.308 e. The van der Waals surface area contributed by atoms with Crippen LogP contribution in [0.3, 0.4) is 0 Å². The van der Waals surface area contributed by atoms with E-state index in [2.05, 4.69) is 27.8 Å². The van der Waals surface area contributed by atoms with Crippen LogP contribution in [-0.2, 0) is 23.9 Å². The van der Waals surface area contributed by atoms with E-state index in [0.29, 0.717) is 16.8 Å². The third-order valence-electron chi connectivity index (χ3n) is 5.13. The predicted molar refractivity (Wildman–Crippen MR) is 156 cm³/mol. The molecule has 2 atom stereocenters. The van der Waals surface area contributed by atoms with E-state index in [4.69, 9.17) is 33.8 Å². The molecule has 0 aliphatic heterocycles. The largest absolute Gasteiger partial charge is 0.481 e. The van der Waals surface area contributed by atoms with Crippen LogP contribution >= 0.6 is 0 Å². The highest BCUT2D eigenvalue weighted by Gasteiger charge is 2.16. The van der Waals surface area contributed by atoms with Crippen LogP contribution in [0.2, 0.25) is 0 Å². The predicted octanol–water partition coefficient (Wildman–Crippen LogP) is 1.65. The molecule has 0 radical (unpaired) electrons. The number of esters is 1. The lowest BCUT2D eigenvalue weighted by atomic mass is 10.1. The van der Waals surface area contributed by atoms with E-state index in [1.54, 1.807) is 61.5 Å². The van der Waals surface area contributed by atoms with Crippen molar-refractivity contribution in [2.24, 2.45) is 5.73 Å². The van der Waals surface area contributed by atoms with Gasteiger partial charge in [0, 0.05) is 29.7 Å². The average Bonchev–Trinajstić information content (AvgIpc) is 2.96. The molecule has 0 bridgehead atoms. The summed E-state index contributed by atoms with van der Waals surface area (Å²) in [4.78, 5) is 57.6. The molecule has 3 amide bonds. The number of hydrogen-bond acceptors (Lipinski definition) is 8. The summed E-state index contributed by atoms with van der Waals surface area (Å²) in [6.07, 6.45) is 9.61. The number of carbonyl (C=O) groups is 5. The normalized spacial score (nSPS) is 11.0. The van der Waals surface area contributed by atoms with Crippen molar-refractivity contribution in [2.75, 3.05) is 11.9 Å². The SMILES string of the molecule is C#CC(CC(=O)OCC)NC(=O)CCC(=O)Nc1ccc(C(=N)NC(=O)c2ccccc2)cc1.C#CC(N)CC(=O)O. The van der Waals surface area contributed by atoms with Gasteiger partial charge in [0.2, 0.25) is 11.8 Å². The van der Waals surface area contributed by atoms with Gasteiger partial charge in [-0.05, 0) is 43.3 Å². The number of aliphatic carboxylic acids is 1. The monoisotopic (exact) mass is 575 g/mol. The van der Waals surface area contributed by atoms with Gasteiger partial charge in [-0.25, -0.2) is 0 Å². The molecule has 2 aromatic carbocycles. The zero-order valence-electron chi connectivity index (χ0n) is 23.0. The second kappa shape index (κ2) is 18.8. The van der Waals surface area contributed by atoms with Crippen molar-refractivity contribution in [1.82, 2.24) is 10.6 Å². The quantitative estimate of drug-likeness (QED) is 0.0949. The topological polar surface area (TPSA) is 201 Å². The molecule has 0 aromatic heterocycles. The Balaban J connectivity index is 0.000000962. The summed E-state index contributed by atoms with van der Waals surface area (Å²) in [5.74, 6) is 1.61. The standard InChI is InChI=1S/C25H26N4O5.C5H7NO2/c1-3-19(16-23(32)34-4-2)27-21(30)14-15-22(31)28-20-12-10-17(11-13-20)24(26)29-25(33)18-8-6-5-7-9-18;1-2-4(6)3-5(7)8/h1,5-13,19H,4,14-16H2,2H3,(H,27,30)(H,28,31)(H2,26,29,33);1,4H,3,6H2,(H,7,8). The van der Waals surface area contributed by atoms with E-state index in [0.717, 1.165) is 0 Å². The van der Waals surface area contributed by atoms with Crippen LogP contribution < -0.4 is 21.7 Å². The molecule has 0 saturated carbocycles. The minimum Gasteiger partial charge on any atom is -0.481 e. The fourth-order valence-corrected chi connectivity index (χ4v) is 3.07. The Kier molecular flexibility index (Phi) is 15.4. The Morgan fingerprint density at radius 2 is 1.55 bits per heavy atom. The van der Waals surface area contributed by atoms with Crippen LogP contribution in [0.25, 0.3) is 0 Å². The molecule has 7 N–H and O–H groups in total. The number of nitrogens with one attached hydrogen (secondary N) is 4. The zero-order valence-corrected chi connectivity index (χ0v) is 23.0. The minimum absolute atomic E-state index is 0.0747. The van der Waals surface area contributed by atoms with Gasteiger partial charge in [-0.1, -0.05) is 30.0 Å². The molecule has 0 fully saturated rings. The molecule has 0 aliphatic carbocycles. The van der Waals surface area contributed by atoms with Crippen molar-refractivity contribution in [3.8, 4) is 24.7 Å². The van der Waals surface area contributed by atoms with Gasteiger partial charge < -0.3 is 31.5 Å². The Bertz CT molecular complexity index is 1330. The van der Waals surface area contributed by atoms with Crippen molar-refractivity contribution in [2.45, 2.75) is 44.7 Å². The zero-order chi connectivity index (χ0) is 31.5. The summed E-state index contributed by atoms with van der Waals surface area (Å²) >= 11 is 0. The van der Waals surface area contributed by atoms with Crippen molar-refractivity contribution in [3.05, 3.63) is 65.7 Å². The molecule has 0 heterocycles. The number of carboxylic acid groups (broad SMARTS) is 1. The number of nitrogens with two attached hydrogens (primary N) is 1. The molecule has 12 nitrogen and oxygen atoms in total. The van der Waals surface area contributed by atoms with Gasteiger partial charge in [0.05, 0.1) is 25.5 Å². The van der Waals surface area contributed by atoms with Gasteiger partial charge in [-0.3, -0.25) is 29.4 Å². The molecular formula is C30H33N5O7. The average molecular weight is 576 g/mol. The molecule has 0 spiro atoms. The Morgan fingerprint density at radius 1 is 0.929 bits per heavy atom. The number of anilines is 1. The fourth-order valence-electron chi connectivity index (χ4n) is 3.07. The van der Waals surface area contributed by atoms with Crippen molar-refractivity contribution in [3.63, 3.8) is 0 Å². The van der Waals surface area contributed by atoms with Gasteiger partial charge in [0.25, 0.3) is 5.91 Å². The van der Waals surface area contributed by atoms with Gasteiger partial charge >= 0.3 is 11.9 Å². The van der Waals surface area contributed by atoms with Crippen molar-refractivity contribution < 1.29 is 33.8 Å². The molecule has 42 heavy (non-hydrogen) atoms. The minimum atomic E-state index is -0.963. The first kappa shape index (κ1) is 34.6. The molecular weight excluding hydrogens is 542 g/mol. The number of amidine groups is 1. The maximum absolute atomic E-state index is 12.2. The highest BCUT2D eigenvalue weighted by Crippen LogP contribution is 2.11. The maximum atomic E-state index is 12.2. The van der Waals surface area contributed by atoms with E-state index >= 15 is 0 Å². The number of rotatable bonds is 12. The number of ether oxygens (including phenoxy) is 1. The van der Waals surface area contributed by atoms with Gasteiger partial charge in [-0.2, -0.15) is 0 Å². The highest BCUT2D eigenvalue weighted by atomic mass is 16.5. The molecule has 0 saturated heterocycles. The third-order valence-corrected chi connectivity index (χ3v) is 5.13. The van der Waals surface area contributed by atoms with Crippen molar-refractivity contribution in [1.29, 1.82) is 5.41 Å². The highest BCUT2D eigenvalue weighted by molar-refractivity contribution is 6.11. The second-order valence-electron chi connectivity index (χ2n) is 8.49. The molecule has 0 aliphatic rings. The Morgan fingerprint density at radius 3 is 2.07 bits per heavy atom. The lowest BCUT2D eigenvalue weighted by Crippen LogP contribution is -2.36. The summed E-state index contributed by atoms with van der Waals surface area (Å²) in [5.41, 5.74) is 6.43. The van der Waals surface area contributed by atoms with E-state index < -0.39 is 41.7 Å². The van der Waals surface area contributed by atoms with Crippen LogP contribution in [0, 0.1) is 30.1 Å². The number of amides is 3. The molecule has 2 unspecified atom stereocenters. The van der Waals surface area contributed by atoms with Crippen LogP contribution in [0.5, 0.6) is 0 Å². The lowest BCUT2D eigenvalue weighted by Gasteiger charge is -2.12. The summed E-state index contributed by atoms with van der Waals surface area (Å²) in [6.45, 7) is 1.89. The summed E-state index contributed by atoms with van der Waals surface area (Å²) in [5, 5.41) is 23.8. The fraction of sp³-hybridized carbons (Fsp3) is 0.267. The van der Waals surface area contributed by atoms with Crippen LogP contribution in [0.4, 0.5) is 5.69 Å². The van der Waals surface area contributed by atoms with Crippen molar-refractivity contribution >= 4 is 41.2 Å². The first-order valence-electron chi connectivity index (χ1n) is 12.7. The molecule has 220 valence electrons. The van der Waals surface area contributed by atoms with E-state index in [1.165, 1.54) is 0 Å².